The summed E-state index contributed by atoms with van der Waals surface area (Å²) in [5.41, 5.74) is 2.02. The van der Waals surface area contributed by atoms with Gasteiger partial charge in [0.2, 0.25) is 0 Å². The summed E-state index contributed by atoms with van der Waals surface area (Å²) in [4.78, 5) is 2.55. The largest absolute Gasteiger partial charge is 0.300 e. The molecule has 0 atom stereocenters. The van der Waals surface area contributed by atoms with Crippen LogP contribution >= 0.6 is 0 Å². The number of nitrogens with zero attached hydrogens (tertiary/aromatic N) is 1. The quantitative estimate of drug-likeness (QED) is 0.592. The monoisotopic (exact) mass is 181 g/mol. The highest BCUT2D eigenvalue weighted by molar-refractivity contribution is 4.95. The minimum absolute atomic E-state index is 0.585. The van der Waals surface area contributed by atoms with Crippen LogP contribution in [-0.4, -0.2) is 24.5 Å². The van der Waals surface area contributed by atoms with Gasteiger partial charge >= 0.3 is 0 Å². The van der Waals surface area contributed by atoms with Gasteiger partial charge in [0.15, 0.2) is 0 Å². The molecule has 0 aromatic heterocycles. The molecular weight excluding hydrogens is 158 g/mol. The molecule has 0 bridgehead atoms. The van der Waals surface area contributed by atoms with Gasteiger partial charge in [-0.05, 0) is 45.2 Å². The van der Waals surface area contributed by atoms with Crippen molar-refractivity contribution in [3.05, 3.63) is 11.6 Å². The van der Waals surface area contributed by atoms with Gasteiger partial charge in [-0.1, -0.05) is 25.5 Å². The van der Waals surface area contributed by atoms with Gasteiger partial charge in [0.05, 0.1) is 0 Å². The summed E-state index contributed by atoms with van der Waals surface area (Å²) in [5.74, 6) is 0. The molecule has 1 aliphatic rings. The van der Waals surface area contributed by atoms with Gasteiger partial charge in [-0.3, -0.25) is 4.90 Å². The van der Waals surface area contributed by atoms with Crippen molar-refractivity contribution in [1.29, 1.82) is 0 Å². The molecule has 0 spiro atoms. The SMILES string of the molecule is CC(C)=CCN1CCC(C)(C)CC1. The maximum Gasteiger partial charge on any atom is 0.0165 e. The topological polar surface area (TPSA) is 3.24 Å². The predicted octanol–water partition coefficient (Wildman–Crippen LogP) is 3.07. The summed E-state index contributed by atoms with van der Waals surface area (Å²) in [6.07, 6.45) is 5.03. The van der Waals surface area contributed by atoms with E-state index in [9.17, 15) is 0 Å². The van der Waals surface area contributed by atoms with Gasteiger partial charge in [0.1, 0.15) is 0 Å². The first-order chi connectivity index (χ1) is 5.99. The van der Waals surface area contributed by atoms with E-state index in [1.807, 2.05) is 0 Å². The molecule has 0 saturated carbocycles. The number of rotatable bonds is 2. The van der Waals surface area contributed by atoms with E-state index in [0.717, 1.165) is 6.54 Å². The van der Waals surface area contributed by atoms with Crippen molar-refractivity contribution in [3.63, 3.8) is 0 Å². The molecule has 1 heterocycles. The molecule has 0 aromatic carbocycles. The van der Waals surface area contributed by atoms with E-state index in [2.05, 4.69) is 38.7 Å². The van der Waals surface area contributed by atoms with Crippen molar-refractivity contribution in [3.8, 4) is 0 Å². The Kier molecular flexibility index (Phi) is 3.55. The summed E-state index contributed by atoms with van der Waals surface area (Å²) in [7, 11) is 0. The maximum atomic E-state index is 2.55. The molecule has 1 fully saturated rings. The predicted molar refractivity (Wildman–Crippen MR) is 58.9 cm³/mol. The molecule has 0 amide bonds. The molecular formula is C12H23N. The Morgan fingerprint density at radius 2 is 1.77 bits per heavy atom. The Balaban J connectivity index is 2.30. The second kappa shape index (κ2) is 4.28. The zero-order chi connectivity index (χ0) is 9.90. The molecule has 0 aromatic rings. The van der Waals surface area contributed by atoms with Crippen LogP contribution in [0.15, 0.2) is 11.6 Å². The highest BCUT2D eigenvalue weighted by atomic mass is 15.1. The normalized spacial score (nSPS) is 22.8. The van der Waals surface area contributed by atoms with Crippen LogP contribution in [-0.2, 0) is 0 Å². The van der Waals surface area contributed by atoms with Gasteiger partial charge in [-0.2, -0.15) is 0 Å². The lowest BCUT2D eigenvalue weighted by molar-refractivity contribution is 0.143. The molecule has 0 N–H and O–H groups in total. The van der Waals surface area contributed by atoms with Crippen LogP contribution in [0.2, 0.25) is 0 Å². The highest BCUT2D eigenvalue weighted by Gasteiger charge is 2.24. The van der Waals surface area contributed by atoms with Crippen molar-refractivity contribution in [2.24, 2.45) is 5.41 Å². The summed E-state index contributed by atoms with van der Waals surface area (Å²) < 4.78 is 0. The first-order valence-corrected chi connectivity index (χ1v) is 5.35. The lowest BCUT2D eigenvalue weighted by Gasteiger charge is -2.36. The second-order valence-corrected chi connectivity index (χ2v) is 5.25. The molecule has 0 radical (unpaired) electrons. The van der Waals surface area contributed by atoms with Crippen molar-refractivity contribution in [1.82, 2.24) is 4.90 Å². The van der Waals surface area contributed by atoms with Crippen molar-refractivity contribution in [2.75, 3.05) is 19.6 Å². The second-order valence-electron chi connectivity index (χ2n) is 5.25. The molecule has 1 saturated heterocycles. The maximum absolute atomic E-state index is 2.55. The molecule has 0 unspecified atom stereocenters. The van der Waals surface area contributed by atoms with Crippen LogP contribution < -0.4 is 0 Å². The summed E-state index contributed by atoms with van der Waals surface area (Å²) >= 11 is 0. The number of hydrogen-bond acceptors (Lipinski definition) is 1. The molecule has 1 rings (SSSR count). The number of hydrogen-bond donors (Lipinski definition) is 0. The van der Waals surface area contributed by atoms with E-state index >= 15 is 0 Å². The lowest BCUT2D eigenvalue weighted by Crippen LogP contribution is -2.37. The third-order valence-corrected chi connectivity index (χ3v) is 2.97. The third kappa shape index (κ3) is 3.95. The zero-order valence-electron chi connectivity index (χ0n) is 9.56. The molecule has 1 heteroatoms. The van der Waals surface area contributed by atoms with Crippen molar-refractivity contribution >= 4 is 0 Å². The molecule has 13 heavy (non-hydrogen) atoms. The van der Waals surface area contributed by atoms with E-state index in [0.29, 0.717) is 5.41 Å². The van der Waals surface area contributed by atoms with Gasteiger partial charge in [-0.15, -0.1) is 0 Å². The standard InChI is InChI=1S/C12H23N/c1-11(2)5-8-13-9-6-12(3,4)7-10-13/h5H,6-10H2,1-4H3. The Labute approximate surface area is 82.8 Å². The Hall–Kier alpha value is -0.300. The van der Waals surface area contributed by atoms with Crippen LogP contribution in [0.4, 0.5) is 0 Å². The smallest absolute Gasteiger partial charge is 0.0165 e. The van der Waals surface area contributed by atoms with E-state index in [-0.39, 0.29) is 0 Å². The number of piperidine rings is 1. The average molecular weight is 181 g/mol. The summed E-state index contributed by atoms with van der Waals surface area (Å²) in [6.45, 7) is 12.8. The molecule has 1 aliphatic heterocycles. The van der Waals surface area contributed by atoms with E-state index < -0.39 is 0 Å². The third-order valence-electron chi connectivity index (χ3n) is 2.97. The zero-order valence-corrected chi connectivity index (χ0v) is 9.56. The van der Waals surface area contributed by atoms with Crippen LogP contribution in [0.3, 0.4) is 0 Å². The Morgan fingerprint density at radius 1 is 1.23 bits per heavy atom. The van der Waals surface area contributed by atoms with Crippen LogP contribution in [0, 0.1) is 5.41 Å². The fraction of sp³-hybridized carbons (Fsp3) is 0.833. The minimum Gasteiger partial charge on any atom is -0.300 e. The van der Waals surface area contributed by atoms with Crippen LogP contribution in [0.25, 0.3) is 0 Å². The Morgan fingerprint density at radius 3 is 2.23 bits per heavy atom. The van der Waals surface area contributed by atoms with Crippen LogP contribution in [0.1, 0.15) is 40.5 Å². The van der Waals surface area contributed by atoms with Gasteiger partial charge < -0.3 is 0 Å². The van der Waals surface area contributed by atoms with Gasteiger partial charge in [0.25, 0.3) is 0 Å². The summed E-state index contributed by atoms with van der Waals surface area (Å²) in [6, 6.07) is 0. The van der Waals surface area contributed by atoms with Gasteiger partial charge in [0, 0.05) is 6.54 Å². The molecule has 1 nitrogen and oxygen atoms in total. The van der Waals surface area contributed by atoms with E-state index in [4.69, 9.17) is 0 Å². The van der Waals surface area contributed by atoms with Crippen molar-refractivity contribution < 1.29 is 0 Å². The number of allylic oxidation sites excluding steroid dienone is 1. The fourth-order valence-electron chi connectivity index (χ4n) is 1.65. The first-order valence-electron chi connectivity index (χ1n) is 5.35. The first kappa shape index (κ1) is 10.8. The summed E-state index contributed by atoms with van der Waals surface area (Å²) in [5, 5.41) is 0. The lowest BCUT2D eigenvalue weighted by atomic mass is 9.83. The molecule has 0 aliphatic carbocycles. The number of likely N-dealkylation sites (tertiary alicyclic amines) is 1. The minimum atomic E-state index is 0.585. The molecule has 76 valence electrons. The van der Waals surface area contributed by atoms with Crippen molar-refractivity contribution in [2.45, 2.75) is 40.5 Å². The van der Waals surface area contributed by atoms with Crippen LogP contribution in [0.5, 0.6) is 0 Å². The van der Waals surface area contributed by atoms with E-state index in [1.165, 1.54) is 31.5 Å². The van der Waals surface area contributed by atoms with Gasteiger partial charge in [-0.25, -0.2) is 0 Å². The Bertz CT molecular complexity index is 177. The fourth-order valence-corrected chi connectivity index (χ4v) is 1.65. The average Bonchev–Trinajstić information content (AvgIpc) is 2.02. The highest BCUT2D eigenvalue weighted by Crippen LogP contribution is 2.29. The van der Waals surface area contributed by atoms with E-state index in [1.54, 1.807) is 0 Å².